The lowest BCUT2D eigenvalue weighted by molar-refractivity contribution is -0.158. The van der Waals surface area contributed by atoms with Gasteiger partial charge in [0, 0.05) is 6.42 Å². The van der Waals surface area contributed by atoms with Crippen molar-refractivity contribution in [2.45, 2.75) is 71.5 Å². The highest BCUT2D eigenvalue weighted by Gasteiger charge is 2.42. The summed E-state index contributed by atoms with van der Waals surface area (Å²) in [4.78, 5) is 24.7. The van der Waals surface area contributed by atoms with Crippen LogP contribution in [0.15, 0.2) is 36.3 Å². The highest BCUT2D eigenvalue weighted by Crippen LogP contribution is 2.35. The van der Waals surface area contributed by atoms with E-state index in [2.05, 4.69) is 20.8 Å². The van der Waals surface area contributed by atoms with Gasteiger partial charge in [0.25, 0.3) is 0 Å². The smallest absolute Gasteiger partial charge is 0.308 e. The predicted octanol–water partition coefficient (Wildman–Crippen LogP) is 4.54. The zero-order valence-electron chi connectivity index (χ0n) is 17.4. The number of hydrogen-bond acceptors (Lipinski definition) is 5. The molecule has 2 aliphatic rings. The van der Waals surface area contributed by atoms with Crippen molar-refractivity contribution in [2.75, 3.05) is 0 Å². The summed E-state index contributed by atoms with van der Waals surface area (Å²) in [5.41, 5.74) is 1.27. The third kappa shape index (κ3) is 4.57. The van der Waals surface area contributed by atoms with Crippen molar-refractivity contribution >= 4 is 11.8 Å². The molecule has 1 aromatic carbocycles. The molecule has 152 valence electrons. The normalized spacial score (nSPS) is 24.9. The third-order valence-corrected chi connectivity index (χ3v) is 5.38. The van der Waals surface area contributed by atoms with E-state index >= 15 is 0 Å². The molecular formula is C23H30O5. The summed E-state index contributed by atoms with van der Waals surface area (Å²) in [6.07, 6.45) is 2.80. The summed E-state index contributed by atoms with van der Waals surface area (Å²) in [6, 6.07) is 7.79. The first-order valence-corrected chi connectivity index (χ1v) is 10.0. The van der Waals surface area contributed by atoms with Crippen LogP contribution in [0.4, 0.5) is 0 Å². The molecular weight excluding hydrogens is 356 g/mol. The van der Waals surface area contributed by atoms with Crippen LogP contribution in [0, 0.1) is 11.8 Å². The number of rotatable bonds is 4. The quantitative estimate of drug-likeness (QED) is 0.711. The highest BCUT2D eigenvalue weighted by atomic mass is 16.6. The highest BCUT2D eigenvalue weighted by molar-refractivity contribution is 5.96. The Kier molecular flexibility index (Phi) is 5.82. The van der Waals surface area contributed by atoms with Gasteiger partial charge in [0.2, 0.25) is 11.5 Å². The maximum absolute atomic E-state index is 12.8. The molecule has 0 N–H and O–H groups in total. The van der Waals surface area contributed by atoms with Crippen LogP contribution in [0.2, 0.25) is 0 Å². The fourth-order valence-corrected chi connectivity index (χ4v) is 3.56. The van der Waals surface area contributed by atoms with E-state index in [-0.39, 0.29) is 47.0 Å². The maximum atomic E-state index is 12.8. The second-order valence-corrected chi connectivity index (χ2v) is 9.03. The van der Waals surface area contributed by atoms with Gasteiger partial charge in [0.1, 0.15) is 24.2 Å². The number of esters is 1. The summed E-state index contributed by atoms with van der Waals surface area (Å²) in [6.45, 7) is 10.1. The van der Waals surface area contributed by atoms with Gasteiger partial charge in [0.15, 0.2) is 0 Å². The first-order chi connectivity index (χ1) is 13.1. The maximum Gasteiger partial charge on any atom is 0.308 e. The van der Waals surface area contributed by atoms with Crippen molar-refractivity contribution in [3.8, 4) is 5.75 Å². The summed E-state index contributed by atoms with van der Waals surface area (Å²) >= 11 is 0. The molecule has 0 radical (unpaired) electrons. The summed E-state index contributed by atoms with van der Waals surface area (Å²) in [5, 5.41) is 0. The standard InChI is InChI=1S/C23H30O5/c1-14(2)22(25)28-17-10-11-18-19(12-17)26-13-20(21(18)24)27-16-8-6-15(7-9-16)23(3,4)5/h6-9,13-14,17-19H,10-12H2,1-5H3. The van der Waals surface area contributed by atoms with Gasteiger partial charge >= 0.3 is 5.97 Å². The lowest BCUT2D eigenvalue weighted by atomic mass is 9.80. The Morgan fingerprint density at radius 3 is 2.43 bits per heavy atom. The van der Waals surface area contributed by atoms with E-state index in [1.54, 1.807) is 0 Å². The predicted molar refractivity (Wildman–Crippen MR) is 106 cm³/mol. The van der Waals surface area contributed by atoms with Gasteiger partial charge in [-0.2, -0.15) is 0 Å². The molecule has 1 fully saturated rings. The van der Waals surface area contributed by atoms with Crippen molar-refractivity contribution in [1.82, 2.24) is 0 Å². The molecule has 0 spiro atoms. The van der Waals surface area contributed by atoms with E-state index in [0.717, 1.165) is 0 Å². The molecule has 3 unspecified atom stereocenters. The van der Waals surface area contributed by atoms with Gasteiger partial charge in [-0.05, 0) is 36.0 Å². The Morgan fingerprint density at radius 2 is 1.82 bits per heavy atom. The Balaban J connectivity index is 1.63. The Bertz CT molecular complexity index is 754. The summed E-state index contributed by atoms with van der Waals surface area (Å²) in [7, 11) is 0. The van der Waals surface area contributed by atoms with E-state index in [0.29, 0.717) is 25.0 Å². The number of allylic oxidation sites excluding steroid dienone is 1. The average Bonchev–Trinajstić information content (AvgIpc) is 2.63. The molecule has 28 heavy (non-hydrogen) atoms. The molecule has 3 atom stereocenters. The second-order valence-electron chi connectivity index (χ2n) is 9.03. The molecule has 1 aromatic rings. The van der Waals surface area contributed by atoms with Crippen LogP contribution >= 0.6 is 0 Å². The molecule has 0 bridgehead atoms. The zero-order valence-corrected chi connectivity index (χ0v) is 17.4. The lowest BCUT2D eigenvalue weighted by Gasteiger charge is -2.37. The molecule has 0 saturated heterocycles. The van der Waals surface area contributed by atoms with E-state index in [4.69, 9.17) is 14.2 Å². The van der Waals surface area contributed by atoms with Gasteiger partial charge in [-0.1, -0.05) is 46.8 Å². The molecule has 3 rings (SSSR count). The fraction of sp³-hybridized carbons (Fsp3) is 0.565. The van der Waals surface area contributed by atoms with Crippen LogP contribution in [-0.4, -0.2) is 24.0 Å². The fourth-order valence-electron chi connectivity index (χ4n) is 3.56. The van der Waals surface area contributed by atoms with Gasteiger partial charge in [0.05, 0.1) is 11.8 Å². The number of ether oxygens (including phenoxy) is 3. The number of Topliss-reactive ketones (excluding diaryl/α,β-unsaturated/α-hetero) is 1. The second kappa shape index (κ2) is 7.98. The van der Waals surface area contributed by atoms with E-state index in [9.17, 15) is 9.59 Å². The van der Waals surface area contributed by atoms with Gasteiger partial charge in [-0.25, -0.2) is 0 Å². The van der Waals surface area contributed by atoms with Gasteiger partial charge in [-0.15, -0.1) is 0 Å². The lowest BCUT2D eigenvalue weighted by Crippen LogP contribution is -2.43. The number of fused-ring (bicyclic) bond motifs is 1. The number of hydrogen-bond donors (Lipinski definition) is 0. The van der Waals surface area contributed by atoms with E-state index in [1.807, 2.05) is 38.1 Å². The summed E-state index contributed by atoms with van der Waals surface area (Å²) in [5.74, 6) is 0.212. The van der Waals surface area contributed by atoms with Crippen LogP contribution in [0.3, 0.4) is 0 Å². The topological polar surface area (TPSA) is 61.8 Å². The molecule has 5 heteroatoms. The number of carbonyl (C=O) groups is 2. The average molecular weight is 386 g/mol. The molecule has 0 amide bonds. The van der Waals surface area contributed by atoms with Crippen LogP contribution in [0.25, 0.3) is 0 Å². The Morgan fingerprint density at radius 1 is 1.14 bits per heavy atom. The Hall–Kier alpha value is -2.30. The van der Waals surface area contributed by atoms with Gasteiger partial charge in [-0.3, -0.25) is 9.59 Å². The van der Waals surface area contributed by atoms with Crippen molar-refractivity contribution in [3.05, 3.63) is 41.9 Å². The van der Waals surface area contributed by atoms with Crippen LogP contribution in [0.1, 0.15) is 59.4 Å². The molecule has 1 aliphatic heterocycles. The molecule has 5 nitrogen and oxygen atoms in total. The van der Waals surface area contributed by atoms with Crippen molar-refractivity contribution < 1.29 is 23.8 Å². The van der Waals surface area contributed by atoms with E-state index in [1.165, 1.54) is 11.8 Å². The minimum atomic E-state index is -0.262. The minimum Gasteiger partial charge on any atom is -0.493 e. The van der Waals surface area contributed by atoms with Crippen molar-refractivity contribution in [2.24, 2.45) is 11.8 Å². The van der Waals surface area contributed by atoms with Crippen LogP contribution in [-0.2, 0) is 24.5 Å². The molecule has 0 aromatic heterocycles. The first-order valence-electron chi connectivity index (χ1n) is 10.0. The van der Waals surface area contributed by atoms with Gasteiger partial charge < -0.3 is 14.2 Å². The monoisotopic (exact) mass is 386 g/mol. The summed E-state index contributed by atoms with van der Waals surface area (Å²) < 4.78 is 17.1. The van der Waals surface area contributed by atoms with E-state index < -0.39 is 0 Å². The number of benzene rings is 1. The molecule has 1 saturated carbocycles. The zero-order chi connectivity index (χ0) is 20.5. The SMILES string of the molecule is CC(C)C(=O)OC1CCC2C(=O)C(Oc3ccc(C(C)(C)C)cc3)=COC2C1. The third-order valence-electron chi connectivity index (χ3n) is 5.38. The molecule has 1 aliphatic carbocycles. The van der Waals surface area contributed by atoms with Crippen molar-refractivity contribution in [3.63, 3.8) is 0 Å². The minimum absolute atomic E-state index is 0.0372. The first kappa shape index (κ1) is 20.4. The largest absolute Gasteiger partial charge is 0.493 e. The van der Waals surface area contributed by atoms with Crippen molar-refractivity contribution in [1.29, 1.82) is 0 Å². The van der Waals surface area contributed by atoms with Crippen LogP contribution in [0.5, 0.6) is 5.75 Å². The molecule has 1 heterocycles. The number of carbonyl (C=O) groups excluding carboxylic acids is 2. The Labute approximate surface area is 167 Å². The number of ketones is 1. The van der Waals surface area contributed by atoms with Crippen LogP contribution < -0.4 is 4.74 Å².